The molecule has 10 rings (SSSR count). The number of anilines is 1. The van der Waals surface area contributed by atoms with Crippen LogP contribution in [0.2, 0.25) is 0 Å². The number of thioether (sulfide) groups is 1. The summed E-state index contributed by atoms with van der Waals surface area (Å²) in [6, 6.07) is 48.9. The smallest absolute Gasteiger partial charge is 0.430 e. The number of carbonyl (C=O) groups is 4. The molecule has 3 saturated heterocycles. The molecule has 0 spiro atoms. The number of β-lactam (4-membered cyclic amide) rings is 1. The van der Waals surface area contributed by atoms with Gasteiger partial charge >= 0.3 is 12.1 Å². The lowest BCUT2D eigenvalue weighted by Gasteiger charge is -2.50. The molecule has 14 nitrogen and oxygen atoms in total. The summed E-state index contributed by atoms with van der Waals surface area (Å²) in [7, 11) is 2.21. The van der Waals surface area contributed by atoms with Crippen molar-refractivity contribution in [2.45, 2.75) is 67.6 Å². The number of aromatic nitrogens is 1. The summed E-state index contributed by atoms with van der Waals surface area (Å²) in [5.41, 5.74) is 5.05. The topological polar surface area (TPSA) is 172 Å². The number of alkyl halides is 3. The fraction of sp³-hybridized carbons (Fsp3) is 0.298. The van der Waals surface area contributed by atoms with Crippen LogP contribution >= 0.6 is 23.1 Å². The van der Waals surface area contributed by atoms with Crippen LogP contribution < -0.4 is 15.7 Å². The molecule has 2 unspecified atom stereocenters. The average Bonchev–Trinajstić information content (AvgIpc) is 4.13. The molecule has 5 aromatic carbocycles. The summed E-state index contributed by atoms with van der Waals surface area (Å²) in [6.07, 6.45) is -1.91. The minimum atomic E-state index is -5.19. The van der Waals surface area contributed by atoms with Crippen LogP contribution in [0.5, 0.6) is 0 Å². The summed E-state index contributed by atoms with van der Waals surface area (Å²) in [4.78, 5) is 65.3. The molecular formula is C57H55F3N6O8S2. The number of carbonyl (C=O) groups excluding carboxylic acids is 4. The Balaban J connectivity index is 0.000000943. The van der Waals surface area contributed by atoms with E-state index in [0.29, 0.717) is 30.5 Å². The van der Waals surface area contributed by atoms with Gasteiger partial charge in [0.15, 0.2) is 16.9 Å². The van der Waals surface area contributed by atoms with E-state index < -0.39 is 59.3 Å². The number of esters is 1. The number of thiazole rings is 1. The van der Waals surface area contributed by atoms with E-state index in [1.807, 2.05) is 115 Å². The summed E-state index contributed by atoms with van der Waals surface area (Å²) >= 11 is 2.87. The standard InChI is InChI=1S/C55H54N6O6S2.C2HF3O2/c1-61(32-18-19-33-61)35-40-36-68-52-47(51(63)60(52)48(40)53(64)66-49(38-21-7-2-8-22-38)39-23-9-3-10-24-39)57-50(62)46(59-67-45-31-17-20-34-65-45)44-37-69-54(56-44)58-55(41-25-11-4-12-26-41,42-27-13-5-14-28-42)43-29-15-6-16-30-43;3-2(4,5)1(6)7/h2-16,21-30,37,45,47,49,52H,17-20,31-36H2,1H3,(H-,56,57,58,62);(H,6,7)/t45?,47?,52-;/m0./s1. The number of nitrogens with one attached hydrogen (secondary N) is 2. The summed E-state index contributed by atoms with van der Waals surface area (Å²) in [5, 5.41) is 21.7. The number of benzene rings is 5. The van der Waals surface area contributed by atoms with Gasteiger partial charge in [0.2, 0.25) is 6.29 Å². The number of carboxylic acids is 1. The zero-order valence-electron chi connectivity index (χ0n) is 41.4. The number of hydrogen-bond donors (Lipinski definition) is 2. The van der Waals surface area contributed by atoms with Gasteiger partial charge in [0.25, 0.3) is 11.8 Å². The first-order chi connectivity index (χ1) is 36.7. The van der Waals surface area contributed by atoms with Gasteiger partial charge in [-0.2, -0.15) is 13.2 Å². The molecule has 2 amide bonds. The van der Waals surface area contributed by atoms with E-state index in [4.69, 9.17) is 29.2 Å². The Morgan fingerprint density at radius 3 is 1.84 bits per heavy atom. The van der Waals surface area contributed by atoms with Crippen molar-refractivity contribution >= 4 is 57.7 Å². The first-order valence-corrected chi connectivity index (χ1v) is 26.8. The molecule has 4 aliphatic rings. The normalized spacial score (nSPS) is 19.4. The Kier molecular flexibility index (Phi) is 16.7. The maximum atomic E-state index is 14.8. The number of fused-ring (bicyclic) bond motifs is 1. The van der Waals surface area contributed by atoms with Crippen LogP contribution in [0.15, 0.2) is 173 Å². The number of ether oxygens (including phenoxy) is 2. The highest BCUT2D eigenvalue weighted by Crippen LogP contribution is 2.44. The van der Waals surface area contributed by atoms with E-state index >= 15 is 0 Å². The van der Waals surface area contributed by atoms with Crippen molar-refractivity contribution in [3.8, 4) is 0 Å². The van der Waals surface area contributed by atoms with E-state index in [-0.39, 0.29) is 17.1 Å². The van der Waals surface area contributed by atoms with E-state index in [2.05, 4.69) is 59.2 Å². The summed E-state index contributed by atoms with van der Waals surface area (Å²) in [5.74, 6) is -4.12. The Morgan fingerprint density at radius 2 is 1.34 bits per heavy atom. The number of rotatable bonds is 16. The predicted octanol–water partition coefficient (Wildman–Crippen LogP) is 8.32. The third-order valence-corrected chi connectivity index (χ3v) is 15.8. The largest absolute Gasteiger partial charge is 0.542 e. The number of halogens is 3. The number of likely N-dealkylation sites (N-methyl/N-ethyl adjacent to an activating group) is 1. The predicted molar refractivity (Wildman–Crippen MR) is 280 cm³/mol. The van der Waals surface area contributed by atoms with Gasteiger partial charge in [-0.25, -0.2) is 9.78 Å². The van der Waals surface area contributed by atoms with Crippen LogP contribution in [-0.2, 0) is 39.0 Å². The molecule has 1 aromatic heterocycles. The second kappa shape index (κ2) is 23.7. The van der Waals surface area contributed by atoms with Gasteiger partial charge in [0.05, 0.1) is 26.7 Å². The lowest BCUT2D eigenvalue weighted by Crippen LogP contribution is -2.71. The molecule has 0 aliphatic carbocycles. The minimum Gasteiger partial charge on any atom is -0.542 e. The molecule has 6 aromatic rings. The van der Waals surface area contributed by atoms with Crippen molar-refractivity contribution in [3.63, 3.8) is 0 Å². The molecule has 4 aliphatic heterocycles. The Morgan fingerprint density at radius 1 is 0.816 bits per heavy atom. The van der Waals surface area contributed by atoms with Crippen molar-refractivity contribution in [3.05, 3.63) is 202 Å². The number of aliphatic carboxylic acids is 1. The highest BCUT2D eigenvalue weighted by molar-refractivity contribution is 8.00. The number of nitrogens with zero attached hydrogens (tertiary/aromatic N) is 4. The van der Waals surface area contributed by atoms with Crippen molar-refractivity contribution in [1.82, 2.24) is 15.2 Å². The molecule has 5 heterocycles. The van der Waals surface area contributed by atoms with E-state index in [1.54, 1.807) is 5.38 Å². The van der Waals surface area contributed by atoms with Crippen molar-refractivity contribution in [2.24, 2.45) is 5.16 Å². The molecule has 76 heavy (non-hydrogen) atoms. The lowest BCUT2D eigenvalue weighted by molar-refractivity contribution is -0.893. The minimum absolute atomic E-state index is 0.0962. The lowest BCUT2D eigenvalue weighted by atomic mass is 9.77. The highest BCUT2D eigenvalue weighted by Gasteiger charge is 2.56. The van der Waals surface area contributed by atoms with Crippen LogP contribution in [0.4, 0.5) is 18.3 Å². The van der Waals surface area contributed by atoms with E-state index in [9.17, 15) is 27.6 Å². The molecular weight excluding hydrogens is 1020 g/mol. The van der Waals surface area contributed by atoms with Crippen LogP contribution in [-0.4, -0.2) is 107 Å². The summed E-state index contributed by atoms with van der Waals surface area (Å²) < 4.78 is 44.6. The molecule has 3 fully saturated rings. The molecule has 0 saturated carbocycles. The molecule has 394 valence electrons. The quantitative estimate of drug-likeness (QED) is 0.0239. The van der Waals surface area contributed by atoms with Crippen LogP contribution in [0.1, 0.15) is 71.7 Å². The van der Waals surface area contributed by atoms with Crippen LogP contribution in [0.25, 0.3) is 0 Å². The maximum absolute atomic E-state index is 14.8. The Hall–Kier alpha value is -7.32. The van der Waals surface area contributed by atoms with Crippen molar-refractivity contribution < 1.29 is 56.3 Å². The van der Waals surface area contributed by atoms with Gasteiger partial charge in [-0.15, -0.1) is 23.1 Å². The second-order valence-corrected chi connectivity index (χ2v) is 21.0. The SMILES string of the molecule is C[N+]1(CC2=C(C(=O)OC(c3ccccc3)c3ccccc3)N3C(=O)C(NC(=O)C(=NOC4CCCCO4)c4csc(NC(c5ccccc5)(c5ccccc5)c5ccccc5)n4)[C@@H]3SC2)CCCC1.O=C([O-])C(F)(F)F. The van der Waals surface area contributed by atoms with Gasteiger partial charge < -0.3 is 39.3 Å². The fourth-order valence-electron chi connectivity index (χ4n) is 9.96. The van der Waals surface area contributed by atoms with Gasteiger partial charge in [-0.1, -0.05) is 157 Å². The fourth-order valence-corrected chi connectivity index (χ4v) is 12.0. The summed E-state index contributed by atoms with van der Waals surface area (Å²) in [6.45, 7) is 3.11. The number of hydrogen-bond acceptors (Lipinski definition) is 13. The number of oxime groups is 1. The van der Waals surface area contributed by atoms with Crippen molar-refractivity contribution in [1.29, 1.82) is 0 Å². The average molecular weight is 1070 g/mol. The highest BCUT2D eigenvalue weighted by atomic mass is 32.2. The number of amides is 2. The molecule has 2 N–H and O–H groups in total. The molecule has 0 radical (unpaired) electrons. The molecule has 3 atom stereocenters. The van der Waals surface area contributed by atoms with E-state index in [0.717, 1.165) is 76.6 Å². The number of likely N-dealkylation sites (tertiary alicyclic amines) is 1. The van der Waals surface area contributed by atoms with E-state index in [1.165, 1.54) is 28.0 Å². The van der Waals surface area contributed by atoms with Gasteiger partial charge in [-0.3, -0.25) is 14.5 Å². The van der Waals surface area contributed by atoms with Crippen LogP contribution in [0.3, 0.4) is 0 Å². The van der Waals surface area contributed by atoms with Gasteiger partial charge in [0, 0.05) is 36.0 Å². The maximum Gasteiger partial charge on any atom is 0.430 e. The van der Waals surface area contributed by atoms with Crippen LogP contribution in [0, 0.1) is 0 Å². The number of carboxylic acid groups (broad SMARTS) is 1. The Labute approximate surface area is 446 Å². The first-order valence-electron chi connectivity index (χ1n) is 24.9. The molecule has 0 bridgehead atoms. The zero-order chi connectivity index (χ0) is 53.3. The third-order valence-electron chi connectivity index (χ3n) is 13.7. The van der Waals surface area contributed by atoms with Crippen molar-refractivity contribution in [2.75, 3.05) is 44.4 Å². The Bertz CT molecular complexity index is 2890. The second-order valence-electron chi connectivity index (χ2n) is 19.0. The zero-order valence-corrected chi connectivity index (χ0v) is 43.0. The monoisotopic (exact) mass is 1070 g/mol. The van der Waals surface area contributed by atoms with Gasteiger partial charge in [-0.05, 0) is 40.7 Å². The first kappa shape index (κ1) is 53.5. The molecule has 19 heteroatoms. The third kappa shape index (κ3) is 12.0. The number of quaternary nitrogens is 1. The van der Waals surface area contributed by atoms with Gasteiger partial charge in [0.1, 0.15) is 40.9 Å².